The van der Waals surface area contributed by atoms with Gasteiger partial charge in [0.1, 0.15) is 6.04 Å². The molecule has 27 heavy (non-hydrogen) atoms. The van der Waals surface area contributed by atoms with E-state index < -0.39 is 17.9 Å². The number of benzene rings is 1. The number of hydrogen-bond donors (Lipinski definition) is 0. The number of carbonyl (C=O) groups excluding carboxylic acids is 4. The Morgan fingerprint density at radius 3 is 2.04 bits per heavy atom. The molecule has 0 aliphatic carbocycles. The van der Waals surface area contributed by atoms with E-state index in [0.29, 0.717) is 50.3 Å². The van der Waals surface area contributed by atoms with Crippen molar-refractivity contribution in [2.75, 3.05) is 39.9 Å². The predicted octanol–water partition coefficient (Wildman–Crippen LogP) is 0.378. The third-order valence-electron chi connectivity index (χ3n) is 5.03. The van der Waals surface area contributed by atoms with Crippen molar-refractivity contribution >= 4 is 23.6 Å². The van der Waals surface area contributed by atoms with E-state index in [1.54, 1.807) is 48.1 Å². The van der Waals surface area contributed by atoms with Gasteiger partial charge in [0.2, 0.25) is 11.8 Å². The summed E-state index contributed by atoms with van der Waals surface area (Å²) in [7, 11) is 1.55. The highest BCUT2D eigenvalue weighted by molar-refractivity contribution is 6.22. The van der Waals surface area contributed by atoms with Gasteiger partial charge in [0.15, 0.2) is 0 Å². The predicted molar refractivity (Wildman–Crippen MR) is 96.1 cm³/mol. The van der Waals surface area contributed by atoms with Crippen LogP contribution in [0.2, 0.25) is 0 Å². The molecule has 1 aromatic carbocycles. The van der Waals surface area contributed by atoms with Crippen LogP contribution < -0.4 is 0 Å². The van der Waals surface area contributed by atoms with Crippen LogP contribution in [-0.2, 0) is 14.3 Å². The number of methoxy groups -OCH3 is 1. The van der Waals surface area contributed by atoms with Crippen LogP contribution >= 0.6 is 0 Å². The molecule has 0 spiro atoms. The van der Waals surface area contributed by atoms with E-state index in [2.05, 4.69) is 0 Å². The molecule has 4 amide bonds. The average Bonchev–Trinajstić information content (AvgIpc) is 2.96. The number of imide groups is 1. The number of hydrogen-bond acceptors (Lipinski definition) is 5. The van der Waals surface area contributed by atoms with E-state index in [1.165, 1.54) is 0 Å². The van der Waals surface area contributed by atoms with Crippen LogP contribution in [0.1, 0.15) is 34.1 Å². The molecular formula is C19H23N3O5. The number of piperazine rings is 1. The fraction of sp³-hybridized carbons (Fsp3) is 0.474. The van der Waals surface area contributed by atoms with Crippen LogP contribution in [0, 0.1) is 0 Å². The molecule has 2 heterocycles. The van der Waals surface area contributed by atoms with E-state index in [4.69, 9.17) is 4.74 Å². The molecule has 0 bridgehead atoms. The number of rotatable bonds is 5. The van der Waals surface area contributed by atoms with Gasteiger partial charge in [0.25, 0.3) is 11.8 Å². The molecule has 2 aliphatic heterocycles. The summed E-state index contributed by atoms with van der Waals surface area (Å²) in [6.45, 7) is 3.57. The molecule has 1 fully saturated rings. The molecule has 3 rings (SSSR count). The molecule has 144 valence electrons. The quantitative estimate of drug-likeness (QED) is 0.697. The van der Waals surface area contributed by atoms with Gasteiger partial charge < -0.3 is 14.5 Å². The van der Waals surface area contributed by atoms with E-state index in [9.17, 15) is 19.2 Å². The summed E-state index contributed by atoms with van der Waals surface area (Å²) < 4.78 is 4.92. The first-order valence-electron chi connectivity index (χ1n) is 8.98. The molecule has 1 aromatic rings. The smallest absolute Gasteiger partial charge is 0.262 e. The lowest BCUT2D eigenvalue weighted by atomic mass is 10.1. The summed E-state index contributed by atoms with van der Waals surface area (Å²) in [6.07, 6.45) is 0.315. The third kappa shape index (κ3) is 3.57. The first-order chi connectivity index (χ1) is 13.0. The second-order valence-corrected chi connectivity index (χ2v) is 6.65. The summed E-state index contributed by atoms with van der Waals surface area (Å²) in [5.74, 6) is -1.17. The summed E-state index contributed by atoms with van der Waals surface area (Å²) in [4.78, 5) is 54.3. The zero-order chi connectivity index (χ0) is 19.6. The highest BCUT2D eigenvalue weighted by Crippen LogP contribution is 2.25. The monoisotopic (exact) mass is 373 g/mol. The van der Waals surface area contributed by atoms with Gasteiger partial charge in [-0.3, -0.25) is 24.1 Å². The molecule has 0 N–H and O–H groups in total. The lowest BCUT2D eigenvalue weighted by molar-refractivity contribution is -0.142. The van der Waals surface area contributed by atoms with Crippen LogP contribution in [0.5, 0.6) is 0 Å². The average molecular weight is 373 g/mol. The molecule has 0 aromatic heterocycles. The topological polar surface area (TPSA) is 87.2 Å². The van der Waals surface area contributed by atoms with Crippen molar-refractivity contribution in [3.63, 3.8) is 0 Å². The van der Waals surface area contributed by atoms with E-state index in [0.717, 1.165) is 4.90 Å². The normalized spacial score (nSPS) is 17.9. The molecule has 1 atom stereocenters. The Morgan fingerprint density at radius 1 is 1.00 bits per heavy atom. The summed E-state index contributed by atoms with van der Waals surface area (Å²) in [5, 5.41) is 0. The third-order valence-corrected chi connectivity index (χ3v) is 5.03. The van der Waals surface area contributed by atoms with Crippen LogP contribution in [0.4, 0.5) is 0 Å². The van der Waals surface area contributed by atoms with Gasteiger partial charge in [-0.25, -0.2) is 0 Å². The van der Waals surface area contributed by atoms with Crippen molar-refractivity contribution in [3.05, 3.63) is 35.4 Å². The van der Waals surface area contributed by atoms with Crippen molar-refractivity contribution < 1.29 is 23.9 Å². The minimum Gasteiger partial charge on any atom is -0.384 e. The highest BCUT2D eigenvalue weighted by atomic mass is 16.5. The lowest BCUT2D eigenvalue weighted by Gasteiger charge is -2.37. The maximum Gasteiger partial charge on any atom is 0.262 e. The SMILES string of the molecule is COCCC(=O)N1CCN(C(=O)C(C)N2C(=O)c3ccccc3C2=O)CC1. The minimum atomic E-state index is -0.881. The van der Waals surface area contributed by atoms with Gasteiger partial charge in [0.05, 0.1) is 24.2 Å². The van der Waals surface area contributed by atoms with Gasteiger partial charge in [-0.15, -0.1) is 0 Å². The second kappa shape index (κ2) is 7.87. The molecular weight excluding hydrogens is 350 g/mol. The maximum absolute atomic E-state index is 12.8. The zero-order valence-corrected chi connectivity index (χ0v) is 15.5. The van der Waals surface area contributed by atoms with Crippen molar-refractivity contribution in [1.29, 1.82) is 0 Å². The number of ether oxygens (including phenoxy) is 1. The molecule has 0 radical (unpaired) electrons. The minimum absolute atomic E-state index is 0.00246. The van der Waals surface area contributed by atoms with Crippen molar-refractivity contribution in [1.82, 2.24) is 14.7 Å². The van der Waals surface area contributed by atoms with Gasteiger partial charge in [-0.05, 0) is 19.1 Å². The van der Waals surface area contributed by atoms with Crippen molar-refractivity contribution in [2.45, 2.75) is 19.4 Å². The highest BCUT2D eigenvalue weighted by Gasteiger charge is 2.42. The molecule has 1 saturated heterocycles. The summed E-state index contributed by atoms with van der Waals surface area (Å²) in [5.41, 5.74) is 0.659. The summed E-state index contributed by atoms with van der Waals surface area (Å²) >= 11 is 0. The number of fused-ring (bicyclic) bond motifs is 1. The molecule has 2 aliphatic rings. The fourth-order valence-electron chi connectivity index (χ4n) is 3.46. The fourth-order valence-corrected chi connectivity index (χ4v) is 3.46. The van der Waals surface area contributed by atoms with E-state index >= 15 is 0 Å². The molecule has 0 saturated carbocycles. The standard InChI is InChI=1S/C19H23N3O5/c1-13(22-18(25)14-5-3-4-6-15(14)19(22)26)17(24)21-10-8-20(9-11-21)16(23)7-12-27-2/h3-6,13H,7-12H2,1-2H3. The summed E-state index contributed by atoms with van der Waals surface area (Å²) in [6, 6.07) is 5.70. The van der Waals surface area contributed by atoms with Crippen LogP contribution in [0.15, 0.2) is 24.3 Å². The molecule has 8 nitrogen and oxygen atoms in total. The largest absolute Gasteiger partial charge is 0.384 e. The Balaban J connectivity index is 1.62. The molecule has 8 heteroatoms. The Hall–Kier alpha value is -2.74. The zero-order valence-electron chi connectivity index (χ0n) is 15.5. The Kier molecular flexibility index (Phi) is 5.55. The van der Waals surface area contributed by atoms with Gasteiger partial charge >= 0.3 is 0 Å². The van der Waals surface area contributed by atoms with Crippen LogP contribution in [-0.4, -0.2) is 84.3 Å². The van der Waals surface area contributed by atoms with Crippen molar-refractivity contribution in [2.24, 2.45) is 0 Å². The lowest BCUT2D eigenvalue weighted by Crippen LogP contribution is -2.56. The Morgan fingerprint density at radius 2 is 1.52 bits per heavy atom. The van der Waals surface area contributed by atoms with Crippen LogP contribution in [0.25, 0.3) is 0 Å². The van der Waals surface area contributed by atoms with E-state index in [1.807, 2.05) is 0 Å². The van der Waals surface area contributed by atoms with E-state index in [-0.39, 0.29) is 11.8 Å². The van der Waals surface area contributed by atoms with Crippen molar-refractivity contribution in [3.8, 4) is 0 Å². The van der Waals surface area contributed by atoms with Gasteiger partial charge in [0, 0.05) is 33.3 Å². The van der Waals surface area contributed by atoms with Gasteiger partial charge in [-0.2, -0.15) is 0 Å². The Bertz CT molecular complexity index is 735. The maximum atomic E-state index is 12.8. The van der Waals surface area contributed by atoms with Crippen LogP contribution in [0.3, 0.4) is 0 Å². The molecule has 1 unspecified atom stereocenters. The second-order valence-electron chi connectivity index (χ2n) is 6.65. The first-order valence-corrected chi connectivity index (χ1v) is 8.98. The number of carbonyl (C=O) groups is 4. The number of amides is 4. The first kappa shape index (κ1) is 19.0. The van der Waals surface area contributed by atoms with Gasteiger partial charge in [-0.1, -0.05) is 12.1 Å². The Labute approximate surface area is 157 Å². The number of nitrogens with zero attached hydrogens (tertiary/aromatic N) is 3.